The first-order valence-corrected chi connectivity index (χ1v) is 9.26. The Bertz CT molecular complexity index is 1240. The fourth-order valence-electron chi connectivity index (χ4n) is 3.45. The van der Waals surface area contributed by atoms with Crippen molar-refractivity contribution >= 4 is 27.8 Å². The second-order valence-corrected chi connectivity index (χ2v) is 7.21. The third-order valence-corrected chi connectivity index (χ3v) is 4.92. The number of aliphatic hydroxyl groups is 1. The number of aliphatic hydroxyl groups excluding tert-OH is 1. The number of halogens is 3. The molecule has 1 atom stereocenters. The molecule has 0 unspecified atom stereocenters. The Labute approximate surface area is 169 Å². The molecule has 2 N–H and O–H groups in total. The van der Waals surface area contributed by atoms with Crippen LogP contribution in [0.2, 0.25) is 0 Å². The molecule has 2 aromatic carbocycles. The fraction of sp³-hybridized carbons (Fsp3) is 0.238. The first kappa shape index (κ1) is 20.0. The number of nitrogens with one attached hydrogen (secondary N) is 1. The number of rotatable bonds is 4. The van der Waals surface area contributed by atoms with Crippen LogP contribution in [-0.4, -0.2) is 38.0 Å². The van der Waals surface area contributed by atoms with Gasteiger partial charge in [-0.15, -0.1) is 0 Å². The molecule has 0 saturated carbocycles. The second kappa shape index (κ2) is 7.17. The molecule has 0 aliphatic rings. The molecular weight excluding hydrogens is 397 g/mol. The molecule has 30 heavy (non-hydrogen) atoms. The van der Waals surface area contributed by atoms with Crippen LogP contribution in [0.3, 0.4) is 0 Å². The Hall–Kier alpha value is -3.33. The summed E-state index contributed by atoms with van der Waals surface area (Å²) in [5.74, 6) is -0.322. The molecular formula is C21H19F3N4O2. The van der Waals surface area contributed by atoms with Crippen LogP contribution in [-0.2, 0) is 13.2 Å². The van der Waals surface area contributed by atoms with Gasteiger partial charge in [0.1, 0.15) is 0 Å². The lowest BCUT2D eigenvalue weighted by molar-refractivity contribution is -0.137. The van der Waals surface area contributed by atoms with Gasteiger partial charge in [-0.3, -0.25) is 14.0 Å². The standard InChI is InChI=1S/C21H19F3N4O2/c1-12(11-29)25-20(30)13-3-8-18-16(9-13)17-10-27(2)26-19(17)28(18)15-6-4-14(5-7-15)21(22,23)24/h3-10,12,29H,11H2,1-2H3,(H,25,30)/t12-/m1/s1. The summed E-state index contributed by atoms with van der Waals surface area (Å²) in [6.45, 7) is 1.52. The molecule has 0 aliphatic heterocycles. The zero-order valence-electron chi connectivity index (χ0n) is 16.2. The van der Waals surface area contributed by atoms with Crippen molar-refractivity contribution in [3.05, 3.63) is 59.8 Å². The Kier molecular flexibility index (Phi) is 4.77. The van der Waals surface area contributed by atoms with Crippen molar-refractivity contribution in [1.29, 1.82) is 0 Å². The molecule has 1 amide bonds. The number of benzene rings is 2. The highest BCUT2D eigenvalue weighted by atomic mass is 19.4. The number of carbonyl (C=O) groups is 1. The fourth-order valence-corrected chi connectivity index (χ4v) is 3.45. The highest BCUT2D eigenvalue weighted by molar-refractivity contribution is 6.10. The molecule has 0 radical (unpaired) electrons. The predicted molar refractivity (Wildman–Crippen MR) is 107 cm³/mol. The largest absolute Gasteiger partial charge is 0.416 e. The summed E-state index contributed by atoms with van der Waals surface area (Å²) in [4.78, 5) is 12.5. The third-order valence-electron chi connectivity index (χ3n) is 4.92. The SMILES string of the molecule is C[C@H](CO)NC(=O)c1ccc2c(c1)c1cn(C)nc1n2-c1ccc(C(F)(F)F)cc1. The maximum absolute atomic E-state index is 12.9. The van der Waals surface area contributed by atoms with E-state index in [9.17, 15) is 18.0 Å². The van der Waals surface area contributed by atoms with E-state index in [0.29, 0.717) is 16.9 Å². The van der Waals surface area contributed by atoms with E-state index in [0.717, 1.165) is 28.4 Å². The first-order valence-electron chi connectivity index (χ1n) is 9.26. The minimum absolute atomic E-state index is 0.175. The molecule has 2 heterocycles. The van der Waals surface area contributed by atoms with Crippen LogP contribution >= 0.6 is 0 Å². The Morgan fingerprint density at radius 3 is 2.50 bits per heavy atom. The molecule has 0 spiro atoms. The molecule has 156 valence electrons. The Morgan fingerprint density at radius 2 is 1.87 bits per heavy atom. The van der Waals surface area contributed by atoms with Crippen molar-refractivity contribution in [2.24, 2.45) is 7.05 Å². The van der Waals surface area contributed by atoms with Crippen LogP contribution < -0.4 is 5.32 Å². The van der Waals surface area contributed by atoms with E-state index in [-0.39, 0.29) is 18.6 Å². The number of amides is 1. The van der Waals surface area contributed by atoms with Gasteiger partial charge in [-0.25, -0.2) is 0 Å². The number of fused-ring (bicyclic) bond motifs is 3. The smallest absolute Gasteiger partial charge is 0.394 e. The summed E-state index contributed by atoms with van der Waals surface area (Å²) >= 11 is 0. The summed E-state index contributed by atoms with van der Waals surface area (Å²) in [6, 6.07) is 9.60. The third kappa shape index (κ3) is 3.41. The Morgan fingerprint density at radius 1 is 1.17 bits per heavy atom. The first-order chi connectivity index (χ1) is 14.2. The van der Waals surface area contributed by atoms with E-state index in [1.54, 1.807) is 47.6 Å². The van der Waals surface area contributed by atoms with E-state index < -0.39 is 11.7 Å². The van der Waals surface area contributed by atoms with E-state index in [1.807, 2.05) is 0 Å². The molecule has 0 aliphatic carbocycles. The molecule has 0 saturated heterocycles. The number of carbonyl (C=O) groups excluding carboxylic acids is 1. The highest BCUT2D eigenvalue weighted by Gasteiger charge is 2.30. The van der Waals surface area contributed by atoms with Gasteiger partial charge >= 0.3 is 6.18 Å². The maximum atomic E-state index is 12.9. The van der Waals surface area contributed by atoms with Crippen molar-refractivity contribution < 1.29 is 23.1 Å². The van der Waals surface area contributed by atoms with Gasteiger partial charge in [0, 0.05) is 41.3 Å². The van der Waals surface area contributed by atoms with Crippen molar-refractivity contribution in [3.63, 3.8) is 0 Å². The number of hydrogen-bond acceptors (Lipinski definition) is 3. The lowest BCUT2D eigenvalue weighted by atomic mass is 10.1. The zero-order chi connectivity index (χ0) is 21.6. The highest BCUT2D eigenvalue weighted by Crippen LogP contribution is 2.34. The summed E-state index contributed by atoms with van der Waals surface area (Å²) in [5.41, 5.74) is 1.52. The second-order valence-electron chi connectivity index (χ2n) is 7.21. The number of hydrogen-bond donors (Lipinski definition) is 2. The van der Waals surface area contributed by atoms with Crippen LogP contribution in [0.25, 0.3) is 27.6 Å². The van der Waals surface area contributed by atoms with E-state index in [4.69, 9.17) is 5.11 Å². The summed E-state index contributed by atoms with van der Waals surface area (Å²) in [5, 5.41) is 17.8. The van der Waals surface area contributed by atoms with E-state index in [1.165, 1.54) is 12.1 Å². The van der Waals surface area contributed by atoms with Gasteiger partial charge in [-0.05, 0) is 49.4 Å². The lowest BCUT2D eigenvalue weighted by Gasteiger charge is -2.12. The van der Waals surface area contributed by atoms with Gasteiger partial charge in [-0.1, -0.05) is 0 Å². The lowest BCUT2D eigenvalue weighted by Crippen LogP contribution is -2.34. The van der Waals surface area contributed by atoms with Crippen molar-refractivity contribution in [2.45, 2.75) is 19.1 Å². The minimum atomic E-state index is -4.41. The quantitative estimate of drug-likeness (QED) is 0.534. The monoisotopic (exact) mass is 416 g/mol. The van der Waals surface area contributed by atoms with Crippen LogP contribution in [0.4, 0.5) is 13.2 Å². The van der Waals surface area contributed by atoms with Crippen LogP contribution in [0.15, 0.2) is 48.7 Å². The summed E-state index contributed by atoms with van der Waals surface area (Å²) in [6.07, 6.45) is -2.61. The van der Waals surface area contributed by atoms with Gasteiger partial charge in [0.2, 0.25) is 0 Å². The normalized spacial score (nSPS) is 13.1. The molecule has 4 aromatic rings. The van der Waals surface area contributed by atoms with Gasteiger partial charge in [0.05, 0.1) is 17.7 Å². The molecule has 2 aromatic heterocycles. The number of aryl methyl sites for hydroxylation is 1. The van der Waals surface area contributed by atoms with Crippen LogP contribution in [0, 0.1) is 0 Å². The number of aromatic nitrogens is 3. The topological polar surface area (TPSA) is 72.1 Å². The summed E-state index contributed by atoms with van der Waals surface area (Å²) < 4.78 is 42.2. The molecule has 4 rings (SSSR count). The van der Waals surface area contributed by atoms with Crippen molar-refractivity contribution in [2.75, 3.05) is 6.61 Å². The maximum Gasteiger partial charge on any atom is 0.416 e. The van der Waals surface area contributed by atoms with Gasteiger partial charge in [0.15, 0.2) is 5.65 Å². The molecule has 9 heteroatoms. The van der Waals surface area contributed by atoms with Crippen molar-refractivity contribution in [3.8, 4) is 5.69 Å². The summed E-state index contributed by atoms with van der Waals surface area (Å²) in [7, 11) is 1.75. The molecule has 6 nitrogen and oxygen atoms in total. The van der Waals surface area contributed by atoms with Gasteiger partial charge < -0.3 is 10.4 Å². The average Bonchev–Trinajstić information content (AvgIpc) is 3.21. The van der Waals surface area contributed by atoms with Gasteiger partial charge in [-0.2, -0.15) is 18.3 Å². The van der Waals surface area contributed by atoms with Gasteiger partial charge in [0.25, 0.3) is 5.91 Å². The van der Waals surface area contributed by atoms with E-state index in [2.05, 4.69) is 10.4 Å². The Balaban J connectivity index is 1.86. The average molecular weight is 416 g/mol. The zero-order valence-corrected chi connectivity index (χ0v) is 16.2. The van der Waals surface area contributed by atoms with E-state index >= 15 is 0 Å². The number of alkyl halides is 3. The number of nitrogens with zero attached hydrogens (tertiary/aromatic N) is 3. The van der Waals surface area contributed by atoms with Crippen molar-refractivity contribution in [1.82, 2.24) is 19.7 Å². The minimum Gasteiger partial charge on any atom is -0.394 e. The molecule has 0 fully saturated rings. The van der Waals surface area contributed by atoms with Crippen LogP contribution in [0.5, 0.6) is 0 Å². The molecule has 0 bridgehead atoms. The van der Waals surface area contributed by atoms with Crippen LogP contribution in [0.1, 0.15) is 22.8 Å². The predicted octanol–water partition coefficient (Wildman–Crippen LogP) is 3.65.